The monoisotopic (exact) mass is 513 g/mol. The van der Waals surface area contributed by atoms with Gasteiger partial charge in [0.25, 0.3) is 5.91 Å². The van der Waals surface area contributed by atoms with Gasteiger partial charge in [-0.15, -0.1) is 0 Å². The van der Waals surface area contributed by atoms with Crippen LogP contribution in [0.25, 0.3) is 0 Å². The number of carbonyl (C=O) groups is 2. The molecule has 0 aliphatic heterocycles. The summed E-state index contributed by atoms with van der Waals surface area (Å²) in [7, 11) is 0. The Bertz CT molecular complexity index is 1150. The van der Waals surface area contributed by atoms with Gasteiger partial charge in [-0.05, 0) is 60.7 Å². The summed E-state index contributed by atoms with van der Waals surface area (Å²) in [6.45, 7) is 0.617. The van der Waals surface area contributed by atoms with Gasteiger partial charge in [-0.1, -0.05) is 47.5 Å². The van der Waals surface area contributed by atoms with Crippen molar-refractivity contribution < 1.29 is 19.4 Å². The lowest BCUT2D eigenvalue weighted by Gasteiger charge is -2.35. The molecule has 4 rings (SSSR count). The second-order valence-electron chi connectivity index (χ2n) is 8.51. The first-order valence-electron chi connectivity index (χ1n) is 11.3. The number of rotatable bonds is 10. The van der Waals surface area contributed by atoms with E-state index in [-0.39, 0.29) is 22.0 Å². The number of aromatic nitrogens is 1. The second kappa shape index (κ2) is 11.4. The average Bonchev–Trinajstić information content (AvgIpc) is 2.81. The van der Waals surface area contributed by atoms with Gasteiger partial charge in [0.2, 0.25) is 0 Å². The van der Waals surface area contributed by atoms with Crippen LogP contribution in [0, 0.1) is 5.92 Å². The summed E-state index contributed by atoms with van der Waals surface area (Å²) in [4.78, 5) is 28.6. The Kier molecular flexibility index (Phi) is 8.10. The van der Waals surface area contributed by atoms with Crippen LogP contribution in [0.1, 0.15) is 28.8 Å². The van der Waals surface area contributed by atoms with E-state index in [0.29, 0.717) is 24.3 Å². The Morgan fingerprint density at radius 3 is 2.37 bits per heavy atom. The molecule has 1 aliphatic carbocycles. The lowest BCUT2D eigenvalue weighted by Crippen LogP contribution is -2.42. The number of benzene rings is 2. The van der Waals surface area contributed by atoms with Crippen LogP contribution < -0.4 is 15.4 Å². The van der Waals surface area contributed by atoms with Gasteiger partial charge in [-0.3, -0.25) is 4.79 Å². The molecule has 1 fully saturated rings. The zero-order valence-electron chi connectivity index (χ0n) is 18.8. The van der Waals surface area contributed by atoms with Crippen molar-refractivity contribution in [2.45, 2.75) is 31.3 Å². The van der Waals surface area contributed by atoms with Crippen LogP contribution in [0.4, 0.5) is 5.82 Å². The molecular weight excluding hydrogens is 489 g/mol. The Balaban J connectivity index is 1.25. The largest absolute Gasteiger partial charge is 0.493 e. The van der Waals surface area contributed by atoms with Gasteiger partial charge < -0.3 is 20.5 Å². The average molecular weight is 514 g/mol. The van der Waals surface area contributed by atoms with Crippen molar-refractivity contribution in [1.82, 2.24) is 10.3 Å². The standard InChI is InChI=1S/C26H25Cl2N3O4/c27-20-4-3-5-21(28)24(20)25(32)31-22(26(33)34)14-16-7-9-19(10-8-16)35-15-17-12-18(13-17)30-23-6-1-2-11-29-23/h1-11,17-18,22H,12-15H2,(H,29,30)(H,31,32)(H,33,34). The lowest BCUT2D eigenvalue weighted by molar-refractivity contribution is -0.139. The summed E-state index contributed by atoms with van der Waals surface area (Å²) in [5, 5.41) is 15.8. The first-order valence-corrected chi connectivity index (χ1v) is 12.0. The number of nitrogens with zero attached hydrogens (tertiary/aromatic N) is 1. The molecule has 1 heterocycles. The molecule has 7 nitrogen and oxygen atoms in total. The van der Waals surface area contributed by atoms with E-state index in [0.717, 1.165) is 24.2 Å². The van der Waals surface area contributed by atoms with E-state index in [1.165, 1.54) is 12.1 Å². The third-order valence-electron chi connectivity index (χ3n) is 5.89. The molecule has 3 N–H and O–H groups in total. The predicted octanol–water partition coefficient (Wildman–Crippen LogP) is 5.08. The van der Waals surface area contributed by atoms with Crippen molar-refractivity contribution in [2.24, 2.45) is 5.92 Å². The molecular formula is C26H25Cl2N3O4. The quantitative estimate of drug-likeness (QED) is 0.349. The van der Waals surface area contributed by atoms with Gasteiger partial charge in [0, 0.05) is 18.7 Å². The second-order valence-corrected chi connectivity index (χ2v) is 9.33. The van der Waals surface area contributed by atoms with Crippen molar-refractivity contribution in [3.8, 4) is 5.75 Å². The summed E-state index contributed by atoms with van der Waals surface area (Å²) in [6.07, 6.45) is 3.91. The van der Waals surface area contributed by atoms with Crippen molar-refractivity contribution >= 4 is 40.9 Å². The molecule has 9 heteroatoms. The maximum Gasteiger partial charge on any atom is 0.326 e. The Labute approximate surface area is 213 Å². The summed E-state index contributed by atoms with van der Waals surface area (Å²) in [5.41, 5.74) is 0.804. The number of carbonyl (C=O) groups excluding carboxylic acids is 1. The molecule has 1 aromatic heterocycles. The highest BCUT2D eigenvalue weighted by molar-refractivity contribution is 6.39. The smallest absolute Gasteiger partial charge is 0.326 e. The fourth-order valence-corrected chi connectivity index (χ4v) is 4.53. The maximum atomic E-state index is 12.6. The van der Waals surface area contributed by atoms with Gasteiger partial charge in [-0.2, -0.15) is 0 Å². The number of carboxylic acids is 1. The molecule has 1 amide bonds. The van der Waals surface area contributed by atoms with Crippen LogP contribution in [0.3, 0.4) is 0 Å². The van der Waals surface area contributed by atoms with Crippen LogP contribution in [0.15, 0.2) is 66.9 Å². The first kappa shape index (κ1) is 24.8. The minimum absolute atomic E-state index is 0.0549. The van der Waals surface area contributed by atoms with Gasteiger partial charge in [-0.25, -0.2) is 9.78 Å². The van der Waals surface area contributed by atoms with Gasteiger partial charge >= 0.3 is 5.97 Å². The van der Waals surface area contributed by atoms with E-state index in [9.17, 15) is 14.7 Å². The van der Waals surface area contributed by atoms with E-state index in [2.05, 4.69) is 15.6 Å². The molecule has 0 bridgehead atoms. The van der Waals surface area contributed by atoms with Gasteiger partial charge in [0.15, 0.2) is 0 Å². The summed E-state index contributed by atoms with van der Waals surface area (Å²) < 4.78 is 5.91. The minimum Gasteiger partial charge on any atom is -0.493 e. The molecule has 1 atom stereocenters. The van der Waals surface area contributed by atoms with Crippen molar-refractivity contribution in [1.29, 1.82) is 0 Å². The molecule has 1 saturated carbocycles. The van der Waals surface area contributed by atoms with Crippen LogP contribution in [0.5, 0.6) is 5.75 Å². The third-order valence-corrected chi connectivity index (χ3v) is 6.52. The van der Waals surface area contributed by atoms with E-state index >= 15 is 0 Å². The molecule has 3 aromatic rings. The van der Waals surface area contributed by atoms with Gasteiger partial charge in [0.1, 0.15) is 17.6 Å². The normalized spacial score (nSPS) is 17.7. The fourth-order valence-electron chi connectivity index (χ4n) is 3.96. The molecule has 2 aromatic carbocycles. The fraction of sp³-hybridized carbons (Fsp3) is 0.269. The number of carboxylic acid groups (broad SMARTS) is 1. The highest BCUT2D eigenvalue weighted by Gasteiger charge is 2.30. The molecule has 1 unspecified atom stereocenters. The molecule has 182 valence electrons. The number of pyridine rings is 1. The van der Waals surface area contributed by atoms with Crippen molar-refractivity contribution in [2.75, 3.05) is 11.9 Å². The number of hydrogen-bond acceptors (Lipinski definition) is 5. The number of ether oxygens (including phenoxy) is 1. The van der Waals surface area contributed by atoms with Crippen LogP contribution >= 0.6 is 23.2 Å². The SMILES string of the molecule is O=C(NC(Cc1ccc(OCC2CC(Nc3ccccn3)C2)cc1)C(=O)O)c1c(Cl)cccc1Cl. The highest BCUT2D eigenvalue weighted by Crippen LogP contribution is 2.30. The molecule has 0 saturated heterocycles. The Morgan fingerprint density at radius 2 is 1.74 bits per heavy atom. The number of anilines is 1. The van der Waals surface area contributed by atoms with E-state index in [1.807, 2.05) is 30.3 Å². The number of halogens is 2. The molecule has 35 heavy (non-hydrogen) atoms. The van der Waals surface area contributed by atoms with E-state index in [4.69, 9.17) is 27.9 Å². The molecule has 0 spiro atoms. The van der Waals surface area contributed by atoms with E-state index < -0.39 is 17.9 Å². The Morgan fingerprint density at radius 1 is 1.03 bits per heavy atom. The molecule has 0 radical (unpaired) electrons. The maximum absolute atomic E-state index is 12.6. The summed E-state index contributed by atoms with van der Waals surface area (Å²) in [6, 6.07) is 17.0. The summed E-state index contributed by atoms with van der Waals surface area (Å²) in [5.74, 6) is 0.288. The van der Waals surface area contributed by atoms with Crippen LogP contribution in [-0.2, 0) is 11.2 Å². The van der Waals surface area contributed by atoms with Gasteiger partial charge in [0.05, 0.1) is 22.2 Å². The van der Waals surface area contributed by atoms with Crippen molar-refractivity contribution in [3.05, 3.63) is 88.0 Å². The zero-order chi connectivity index (χ0) is 24.8. The molecule has 1 aliphatic rings. The van der Waals surface area contributed by atoms with Crippen LogP contribution in [-0.4, -0.2) is 40.7 Å². The zero-order valence-corrected chi connectivity index (χ0v) is 20.3. The number of aliphatic carboxylic acids is 1. The lowest BCUT2D eigenvalue weighted by atomic mass is 9.81. The first-order chi connectivity index (χ1) is 16.9. The highest BCUT2D eigenvalue weighted by atomic mass is 35.5. The number of hydrogen-bond donors (Lipinski definition) is 3. The third kappa shape index (κ3) is 6.65. The van der Waals surface area contributed by atoms with Crippen molar-refractivity contribution in [3.63, 3.8) is 0 Å². The minimum atomic E-state index is -1.15. The summed E-state index contributed by atoms with van der Waals surface area (Å²) >= 11 is 12.1. The number of amides is 1. The number of nitrogens with one attached hydrogen (secondary N) is 2. The topological polar surface area (TPSA) is 101 Å². The van der Waals surface area contributed by atoms with Crippen LogP contribution in [0.2, 0.25) is 10.0 Å². The van der Waals surface area contributed by atoms with E-state index in [1.54, 1.807) is 24.4 Å². The Hall–Kier alpha value is -3.29. The predicted molar refractivity (Wildman–Crippen MR) is 135 cm³/mol.